The fraction of sp³-hybridized carbons (Fsp3) is 0.600. The van der Waals surface area contributed by atoms with E-state index in [1.807, 2.05) is 4.90 Å². The van der Waals surface area contributed by atoms with Crippen molar-refractivity contribution in [1.29, 1.82) is 0 Å². The Morgan fingerprint density at radius 2 is 1.78 bits per heavy atom. The molecule has 0 bridgehead atoms. The van der Waals surface area contributed by atoms with E-state index in [1.165, 1.54) is 4.31 Å². The van der Waals surface area contributed by atoms with Crippen molar-refractivity contribution in [2.24, 2.45) is 0 Å². The molecule has 0 N–H and O–H groups in total. The second-order valence-corrected chi connectivity index (χ2v) is 7.16. The predicted molar refractivity (Wildman–Crippen MR) is 73.0 cm³/mol. The fourth-order valence-electron chi connectivity index (χ4n) is 1.82. The van der Waals surface area contributed by atoms with Gasteiger partial charge in [0.1, 0.15) is 0 Å². The summed E-state index contributed by atoms with van der Waals surface area (Å²) in [7, 11) is -3.08. The van der Waals surface area contributed by atoms with Gasteiger partial charge < -0.3 is 4.90 Å². The molecule has 1 aliphatic rings. The first-order valence-electron chi connectivity index (χ1n) is 5.73. The summed E-state index contributed by atoms with van der Waals surface area (Å²) in [6.07, 6.45) is 3.38. The number of aromatic nitrogens is 2. The molecule has 0 amide bonds. The van der Waals surface area contributed by atoms with E-state index in [0.29, 0.717) is 32.1 Å². The highest BCUT2D eigenvalue weighted by atomic mass is 79.9. The van der Waals surface area contributed by atoms with Crippen LogP contribution in [0.5, 0.6) is 0 Å². The topological polar surface area (TPSA) is 66.4 Å². The molecule has 0 radical (unpaired) electrons. The van der Waals surface area contributed by atoms with Crippen LogP contribution in [0.4, 0.5) is 5.95 Å². The SMILES string of the molecule is CCS(=O)(=O)N1CCN(c2ncc(Br)cn2)CC1. The smallest absolute Gasteiger partial charge is 0.225 e. The molecule has 2 heterocycles. The first kappa shape index (κ1) is 13.7. The second kappa shape index (κ2) is 5.50. The number of sulfonamides is 1. The summed E-state index contributed by atoms with van der Waals surface area (Å²) < 4.78 is 25.8. The largest absolute Gasteiger partial charge is 0.338 e. The van der Waals surface area contributed by atoms with Gasteiger partial charge in [0, 0.05) is 38.6 Å². The van der Waals surface area contributed by atoms with Gasteiger partial charge in [-0.2, -0.15) is 4.31 Å². The van der Waals surface area contributed by atoms with Crippen LogP contribution in [0.15, 0.2) is 16.9 Å². The van der Waals surface area contributed by atoms with Crippen molar-refractivity contribution < 1.29 is 8.42 Å². The van der Waals surface area contributed by atoms with E-state index in [2.05, 4.69) is 25.9 Å². The predicted octanol–water partition coefficient (Wildman–Crippen LogP) is 0.711. The minimum absolute atomic E-state index is 0.155. The molecule has 0 aliphatic carbocycles. The lowest BCUT2D eigenvalue weighted by Crippen LogP contribution is -2.49. The summed E-state index contributed by atoms with van der Waals surface area (Å²) in [5.74, 6) is 0.800. The molecule has 0 saturated carbocycles. The zero-order valence-corrected chi connectivity index (χ0v) is 12.5. The van der Waals surface area contributed by atoms with Crippen LogP contribution in [-0.4, -0.2) is 54.6 Å². The Morgan fingerprint density at radius 3 is 2.28 bits per heavy atom. The summed E-state index contributed by atoms with van der Waals surface area (Å²) in [5, 5.41) is 0. The van der Waals surface area contributed by atoms with Crippen molar-refractivity contribution in [3.8, 4) is 0 Å². The van der Waals surface area contributed by atoms with E-state index in [0.717, 1.165) is 4.47 Å². The van der Waals surface area contributed by atoms with Crippen molar-refractivity contribution in [3.63, 3.8) is 0 Å². The number of rotatable bonds is 3. The van der Waals surface area contributed by atoms with E-state index in [1.54, 1.807) is 19.3 Å². The summed E-state index contributed by atoms with van der Waals surface area (Å²) in [4.78, 5) is 10.4. The van der Waals surface area contributed by atoms with E-state index in [-0.39, 0.29) is 5.75 Å². The molecule has 1 fully saturated rings. The summed E-state index contributed by atoms with van der Waals surface area (Å²) >= 11 is 3.28. The van der Waals surface area contributed by atoms with Crippen LogP contribution in [0.3, 0.4) is 0 Å². The number of piperazine rings is 1. The van der Waals surface area contributed by atoms with E-state index in [9.17, 15) is 8.42 Å². The average Bonchev–Trinajstić information content (AvgIpc) is 2.40. The quantitative estimate of drug-likeness (QED) is 0.814. The third-order valence-electron chi connectivity index (χ3n) is 2.89. The zero-order valence-electron chi connectivity index (χ0n) is 10.1. The van der Waals surface area contributed by atoms with E-state index in [4.69, 9.17) is 0 Å². The molecule has 1 aromatic heterocycles. The lowest BCUT2D eigenvalue weighted by atomic mass is 10.4. The Morgan fingerprint density at radius 1 is 1.22 bits per heavy atom. The van der Waals surface area contributed by atoms with Gasteiger partial charge in [-0.15, -0.1) is 0 Å². The maximum Gasteiger partial charge on any atom is 0.225 e. The monoisotopic (exact) mass is 334 g/mol. The van der Waals surface area contributed by atoms with Crippen molar-refractivity contribution >= 4 is 31.9 Å². The molecule has 18 heavy (non-hydrogen) atoms. The van der Waals surface area contributed by atoms with E-state index >= 15 is 0 Å². The van der Waals surface area contributed by atoms with Gasteiger partial charge in [0.2, 0.25) is 16.0 Å². The lowest BCUT2D eigenvalue weighted by Gasteiger charge is -2.33. The fourth-order valence-corrected chi connectivity index (χ4v) is 3.11. The Bertz CT molecular complexity index is 497. The molecular weight excluding hydrogens is 320 g/mol. The highest BCUT2D eigenvalue weighted by Gasteiger charge is 2.26. The van der Waals surface area contributed by atoms with Crippen LogP contribution in [0, 0.1) is 0 Å². The number of anilines is 1. The number of hydrogen-bond donors (Lipinski definition) is 0. The molecule has 0 atom stereocenters. The molecule has 1 aliphatic heterocycles. The van der Waals surface area contributed by atoms with Gasteiger partial charge in [-0.1, -0.05) is 0 Å². The lowest BCUT2D eigenvalue weighted by molar-refractivity contribution is 0.383. The maximum atomic E-state index is 11.7. The average molecular weight is 335 g/mol. The minimum atomic E-state index is -3.08. The first-order valence-corrected chi connectivity index (χ1v) is 8.13. The first-order chi connectivity index (χ1) is 8.53. The van der Waals surface area contributed by atoms with Gasteiger partial charge in [-0.3, -0.25) is 0 Å². The second-order valence-electron chi connectivity index (χ2n) is 3.99. The molecule has 2 rings (SSSR count). The normalized spacial score (nSPS) is 18.0. The summed E-state index contributed by atoms with van der Waals surface area (Å²) in [6.45, 7) is 3.91. The standard InChI is InChI=1S/C10H15BrN4O2S/c1-2-18(16,17)15-5-3-14(4-6-15)10-12-7-9(11)8-13-10/h7-8H,2-6H2,1H3. The van der Waals surface area contributed by atoms with Crippen LogP contribution in [0.25, 0.3) is 0 Å². The van der Waals surface area contributed by atoms with Crippen LogP contribution < -0.4 is 4.90 Å². The Hall–Kier alpha value is -0.730. The Balaban J connectivity index is 2.01. The number of nitrogens with zero attached hydrogens (tertiary/aromatic N) is 4. The summed E-state index contributed by atoms with van der Waals surface area (Å²) in [6, 6.07) is 0. The van der Waals surface area contributed by atoms with Gasteiger partial charge in [-0.25, -0.2) is 18.4 Å². The molecular formula is C10H15BrN4O2S. The maximum absolute atomic E-state index is 11.7. The van der Waals surface area contributed by atoms with Crippen LogP contribution >= 0.6 is 15.9 Å². The molecule has 6 nitrogen and oxygen atoms in total. The van der Waals surface area contributed by atoms with E-state index < -0.39 is 10.0 Å². The molecule has 100 valence electrons. The number of halogens is 1. The van der Waals surface area contributed by atoms with Crippen LogP contribution in [-0.2, 0) is 10.0 Å². The van der Waals surface area contributed by atoms with Gasteiger partial charge in [0.15, 0.2) is 0 Å². The van der Waals surface area contributed by atoms with Crippen molar-refractivity contribution in [3.05, 3.63) is 16.9 Å². The minimum Gasteiger partial charge on any atom is -0.338 e. The highest BCUT2D eigenvalue weighted by Crippen LogP contribution is 2.14. The van der Waals surface area contributed by atoms with Crippen molar-refractivity contribution in [2.75, 3.05) is 36.8 Å². The van der Waals surface area contributed by atoms with Gasteiger partial charge in [-0.05, 0) is 22.9 Å². The molecule has 0 unspecified atom stereocenters. The summed E-state index contributed by atoms with van der Waals surface area (Å²) in [5.41, 5.74) is 0. The molecule has 0 spiro atoms. The molecule has 0 aromatic carbocycles. The Kier molecular flexibility index (Phi) is 4.18. The van der Waals surface area contributed by atoms with Crippen molar-refractivity contribution in [1.82, 2.24) is 14.3 Å². The van der Waals surface area contributed by atoms with Gasteiger partial charge >= 0.3 is 0 Å². The third-order valence-corrected chi connectivity index (χ3v) is 5.18. The van der Waals surface area contributed by atoms with Crippen LogP contribution in [0.1, 0.15) is 6.92 Å². The van der Waals surface area contributed by atoms with Gasteiger partial charge in [0.05, 0.1) is 10.2 Å². The van der Waals surface area contributed by atoms with Crippen molar-refractivity contribution in [2.45, 2.75) is 6.92 Å². The van der Waals surface area contributed by atoms with Gasteiger partial charge in [0.25, 0.3) is 0 Å². The Labute approximate surface area is 115 Å². The molecule has 8 heteroatoms. The third kappa shape index (κ3) is 2.99. The highest BCUT2D eigenvalue weighted by molar-refractivity contribution is 9.10. The zero-order chi connectivity index (χ0) is 13.2. The van der Waals surface area contributed by atoms with Crippen LogP contribution in [0.2, 0.25) is 0 Å². The number of hydrogen-bond acceptors (Lipinski definition) is 5. The molecule has 1 saturated heterocycles. The molecule has 1 aromatic rings.